The van der Waals surface area contributed by atoms with Gasteiger partial charge in [0.25, 0.3) is 0 Å². The van der Waals surface area contributed by atoms with Gasteiger partial charge in [0.15, 0.2) is 0 Å². The van der Waals surface area contributed by atoms with Crippen molar-refractivity contribution in [3.05, 3.63) is 17.5 Å². The topological polar surface area (TPSA) is 66.0 Å². The molecule has 1 aromatic heterocycles. The molecule has 0 atom stereocenters. The lowest BCUT2D eigenvalue weighted by atomic mass is 9.89. The van der Waals surface area contributed by atoms with Gasteiger partial charge in [-0.15, -0.1) is 0 Å². The molecule has 0 aromatic carbocycles. The molecule has 0 aliphatic carbocycles. The molecule has 2 N–H and O–H groups in total. The first-order valence-corrected chi connectivity index (χ1v) is 4.16. The highest BCUT2D eigenvalue weighted by atomic mass is 16.4. The molecule has 0 bridgehead atoms. The van der Waals surface area contributed by atoms with Crippen LogP contribution >= 0.6 is 0 Å². The first kappa shape index (κ1) is 9.77. The zero-order chi connectivity index (χ0) is 10.1. The average molecular weight is 182 g/mol. The molecule has 0 saturated carbocycles. The van der Waals surface area contributed by atoms with Crippen LogP contribution in [0.25, 0.3) is 0 Å². The van der Waals surface area contributed by atoms with E-state index in [1.165, 1.54) is 6.20 Å². The zero-order valence-corrected chi connectivity index (χ0v) is 8.09. The third-order valence-corrected chi connectivity index (χ3v) is 1.65. The monoisotopic (exact) mass is 182 g/mol. The van der Waals surface area contributed by atoms with Crippen molar-refractivity contribution in [1.82, 2.24) is 10.2 Å². The summed E-state index contributed by atoms with van der Waals surface area (Å²) in [5.74, 6) is -0.923. The summed E-state index contributed by atoms with van der Waals surface area (Å²) in [6.07, 6.45) is 2.08. The number of carbonyl (C=O) groups is 1. The highest BCUT2D eigenvalue weighted by Crippen LogP contribution is 2.21. The van der Waals surface area contributed by atoms with E-state index >= 15 is 0 Å². The van der Waals surface area contributed by atoms with Crippen molar-refractivity contribution in [3.63, 3.8) is 0 Å². The number of aromatic amines is 1. The van der Waals surface area contributed by atoms with Gasteiger partial charge in [-0.05, 0) is 11.8 Å². The number of H-pyrrole nitrogens is 1. The SMILES string of the molecule is CC(C)(C)Cc1n[nH]cc1C(=O)O. The number of hydrogen-bond acceptors (Lipinski definition) is 2. The second-order valence-electron chi connectivity index (χ2n) is 4.29. The molecule has 4 heteroatoms. The third-order valence-electron chi connectivity index (χ3n) is 1.65. The summed E-state index contributed by atoms with van der Waals surface area (Å²) >= 11 is 0. The van der Waals surface area contributed by atoms with E-state index in [1.54, 1.807) is 0 Å². The first-order chi connectivity index (χ1) is 5.90. The molecule has 0 aliphatic rings. The van der Waals surface area contributed by atoms with Crippen LogP contribution in [0, 0.1) is 5.41 Å². The number of hydrogen-bond donors (Lipinski definition) is 2. The lowest BCUT2D eigenvalue weighted by Crippen LogP contribution is -2.12. The Morgan fingerprint density at radius 2 is 2.23 bits per heavy atom. The van der Waals surface area contributed by atoms with Crippen molar-refractivity contribution >= 4 is 5.97 Å². The number of rotatable bonds is 2. The Labute approximate surface area is 77.0 Å². The molecule has 0 aliphatic heterocycles. The van der Waals surface area contributed by atoms with Gasteiger partial charge in [-0.3, -0.25) is 5.10 Å². The maximum Gasteiger partial charge on any atom is 0.339 e. The van der Waals surface area contributed by atoms with E-state index in [9.17, 15) is 4.79 Å². The van der Waals surface area contributed by atoms with Gasteiger partial charge in [-0.2, -0.15) is 5.10 Å². The van der Waals surface area contributed by atoms with E-state index in [-0.39, 0.29) is 11.0 Å². The van der Waals surface area contributed by atoms with Gasteiger partial charge >= 0.3 is 5.97 Å². The van der Waals surface area contributed by atoms with Gasteiger partial charge in [0.1, 0.15) is 5.56 Å². The van der Waals surface area contributed by atoms with Gasteiger partial charge in [-0.25, -0.2) is 4.79 Å². The number of carboxylic acids is 1. The van der Waals surface area contributed by atoms with Crippen LogP contribution in [0.2, 0.25) is 0 Å². The van der Waals surface area contributed by atoms with Crippen molar-refractivity contribution < 1.29 is 9.90 Å². The van der Waals surface area contributed by atoms with Crippen LogP contribution in [-0.2, 0) is 6.42 Å². The summed E-state index contributed by atoms with van der Waals surface area (Å²) in [4.78, 5) is 10.7. The summed E-state index contributed by atoms with van der Waals surface area (Å²) in [5.41, 5.74) is 0.953. The Bertz CT molecular complexity index is 310. The van der Waals surface area contributed by atoms with Crippen molar-refractivity contribution in [2.24, 2.45) is 5.41 Å². The van der Waals surface area contributed by atoms with E-state index in [0.717, 1.165) is 0 Å². The summed E-state index contributed by atoms with van der Waals surface area (Å²) in [5, 5.41) is 15.3. The fourth-order valence-corrected chi connectivity index (χ4v) is 1.14. The number of carboxylic acid groups (broad SMARTS) is 1. The molecule has 0 radical (unpaired) electrons. The van der Waals surface area contributed by atoms with Gasteiger partial charge in [0, 0.05) is 6.20 Å². The van der Waals surface area contributed by atoms with E-state index in [2.05, 4.69) is 10.2 Å². The van der Waals surface area contributed by atoms with Crippen LogP contribution < -0.4 is 0 Å². The highest BCUT2D eigenvalue weighted by molar-refractivity contribution is 5.88. The molecule has 1 rings (SSSR count). The molecule has 0 unspecified atom stereocenters. The average Bonchev–Trinajstić information content (AvgIpc) is 2.31. The maximum absolute atomic E-state index is 10.7. The van der Waals surface area contributed by atoms with Crippen LogP contribution in [0.15, 0.2) is 6.20 Å². The molecular weight excluding hydrogens is 168 g/mol. The molecule has 13 heavy (non-hydrogen) atoms. The normalized spacial score (nSPS) is 11.6. The molecule has 72 valence electrons. The Kier molecular flexibility index (Phi) is 2.40. The van der Waals surface area contributed by atoms with Crippen molar-refractivity contribution in [1.29, 1.82) is 0 Å². The van der Waals surface area contributed by atoms with Crippen LogP contribution in [-0.4, -0.2) is 21.3 Å². The smallest absolute Gasteiger partial charge is 0.339 e. The number of nitrogens with one attached hydrogen (secondary N) is 1. The minimum atomic E-state index is -0.923. The van der Waals surface area contributed by atoms with Crippen LogP contribution in [0.4, 0.5) is 0 Å². The maximum atomic E-state index is 10.7. The quantitative estimate of drug-likeness (QED) is 0.731. The first-order valence-electron chi connectivity index (χ1n) is 4.16. The lowest BCUT2D eigenvalue weighted by Gasteiger charge is -2.16. The second-order valence-corrected chi connectivity index (χ2v) is 4.29. The molecule has 0 spiro atoms. The molecule has 0 fully saturated rings. The fourth-order valence-electron chi connectivity index (χ4n) is 1.14. The minimum Gasteiger partial charge on any atom is -0.478 e. The summed E-state index contributed by atoms with van der Waals surface area (Å²) < 4.78 is 0. The Hall–Kier alpha value is -1.32. The van der Waals surface area contributed by atoms with Gasteiger partial charge < -0.3 is 5.11 Å². The van der Waals surface area contributed by atoms with Gasteiger partial charge in [-0.1, -0.05) is 20.8 Å². The van der Waals surface area contributed by atoms with Crippen molar-refractivity contribution in [3.8, 4) is 0 Å². The molecule has 1 aromatic rings. The van der Waals surface area contributed by atoms with Crippen molar-refractivity contribution in [2.75, 3.05) is 0 Å². The Morgan fingerprint density at radius 3 is 2.69 bits per heavy atom. The standard InChI is InChI=1S/C9H14N2O2/c1-9(2,3)4-7-6(8(12)13)5-10-11-7/h5H,4H2,1-3H3,(H,10,11)(H,12,13). The van der Waals surface area contributed by atoms with Crippen LogP contribution in [0.3, 0.4) is 0 Å². The summed E-state index contributed by atoms with van der Waals surface area (Å²) in [6, 6.07) is 0. The van der Waals surface area contributed by atoms with E-state index in [1.807, 2.05) is 20.8 Å². The second kappa shape index (κ2) is 3.20. The highest BCUT2D eigenvalue weighted by Gasteiger charge is 2.19. The number of aromatic carboxylic acids is 1. The fraction of sp³-hybridized carbons (Fsp3) is 0.556. The van der Waals surface area contributed by atoms with Gasteiger partial charge in [0.2, 0.25) is 0 Å². The minimum absolute atomic E-state index is 0.0550. The largest absolute Gasteiger partial charge is 0.478 e. The zero-order valence-electron chi connectivity index (χ0n) is 8.09. The summed E-state index contributed by atoms with van der Waals surface area (Å²) in [7, 11) is 0. The van der Waals surface area contributed by atoms with Gasteiger partial charge in [0.05, 0.1) is 5.69 Å². The van der Waals surface area contributed by atoms with Crippen LogP contribution in [0.5, 0.6) is 0 Å². The molecule has 0 saturated heterocycles. The van der Waals surface area contributed by atoms with Crippen molar-refractivity contribution in [2.45, 2.75) is 27.2 Å². The van der Waals surface area contributed by atoms with E-state index < -0.39 is 5.97 Å². The predicted molar refractivity (Wildman–Crippen MR) is 48.7 cm³/mol. The summed E-state index contributed by atoms with van der Waals surface area (Å²) in [6.45, 7) is 6.15. The Morgan fingerprint density at radius 1 is 1.62 bits per heavy atom. The predicted octanol–water partition coefficient (Wildman–Crippen LogP) is 1.70. The molecule has 4 nitrogen and oxygen atoms in total. The van der Waals surface area contributed by atoms with E-state index in [0.29, 0.717) is 12.1 Å². The number of aromatic nitrogens is 2. The van der Waals surface area contributed by atoms with E-state index in [4.69, 9.17) is 5.11 Å². The Balaban J connectivity index is 2.89. The third kappa shape index (κ3) is 2.57. The lowest BCUT2D eigenvalue weighted by molar-refractivity contribution is 0.0695. The number of nitrogens with zero attached hydrogens (tertiary/aromatic N) is 1. The molecule has 1 heterocycles. The molecule has 0 amide bonds. The van der Waals surface area contributed by atoms with Crippen LogP contribution in [0.1, 0.15) is 36.8 Å². The molecular formula is C9H14N2O2.